The third-order valence-corrected chi connectivity index (χ3v) is 4.33. The average Bonchev–Trinajstić information content (AvgIpc) is 3.38. The van der Waals surface area contributed by atoms with E-state index in [1.54, 1.807) is 0 Å². The maximum Gasteiger partial charge on any atom is 0.225 e. The molecule has 0 atom stereocenters. The molecule has 0 amide bonds. The summed E-state index contributed by atoms with van der Waals surface area (Å²) in [6, 6.07) is 9.08. The van der Waals surface area contributed by atoms with Gasteiger partial charge in [-0.3, -0.25) is 0 Å². The minimum Gasteiger partial charge on any atom is -0.354 e. The van der Waals surface area contributed by atoms with Crippen LogP contribution < -0.4 is 10.2 Å². The van der Waals surface area contributed by atoms with E-state index in [4.69, 9.17) is 4.98 Å². The molecule has 0 bridgehead atoms. The molecule has 110 valence electrons. The molecule has 2 aliphatic carbocycles. The van der Waals surface area contributed by atoms with Crippen LogP contribution in [-0.4, -0.2) is 29.1 Å². The highest BCUT2D eigenvalue weighted by molar-refractivity contribution is 5.90. The molecule has 0 spiro atoms. The van der Waals surface area contributed by atoms with Gasteiger partial charge >= 0.3 is 0 Å². The smallest absolute Gasteiger partial charge is 0.225 e. The van der Waals surface area contributed by atoms with Crippen LogP contribution >= 0.6 is 0 Å². The first kappa shape index (κ1) is 12.9. The lowest BCUT2D eigenvalue weighted by atomic mass is 10.2. The van der Waals surface area contributed by atoms with E-state index in [9.17, 15) is 0 Å². The van der Waals surface area contributed by atoms with Crippen LogP contribution in [0.25, 0.3) is 10.9 Å². The molecule has 4 rings (SSSR count). The fourth-order valence-corrected chi connectivity index (χ4v) is 2.89. The zero-order chi connectivity index (χ0) is 14.2. The number of benzene rings is 1. The Morgan fingerprint density at radius 2 is 1.95 bits per heavy atom. The topological polar surface area (TPSA) is 41.1 Å². The second kappa shape index (κ2) is 5.17. The molecular formula is C17H22N4. The maximum atomic E-state index is 4.84. The van der Waals surface area contributed by atoms with Gasteiger partial charge in [0.2, 0.25) is 5.95 Å². The molecule has 0 aliphatic heterocycles. The Hall–Kier alpha value is -1.84. The number of para-hydroxylation sites is 1. The summed E-state index contributed by atoms with van der Waals surface area (Å²) in [4.78, 5) is 12.0. The molecule has 0 unspecified atom stereocenters. The number of hydrogen-bond donors (Lipinski definition) is 1. The Bertz CT molecular complexity index is 646. The molecular weight excluding hydrogens is 260 g/mol. The number of aromatic nitrogens is 2. The lowest BCUT2D eigenvalue weighted by Gasteiger charge is -2.25. The Labute approximate surface area is 125 Å². The van der Waals surface area contributed by atoms with Crippen LogP contribution in [0.15, 0.2) is 24.3 Å². The molecule has 0 saturated heterocycles. The van der Waals surface area contributed by atoms with E-state index in [1.807, 2.05) is 0 Å². The van der Waals surface area contributed by atoms with Gasteiger partial charge in [-0.15, -0.1) is 0 Å². The van der Waals surface area contributed by atoms with Gasteiger partial charge in [0.1, 0.15) is 5.82 Å². The molecule has 2 aromatic rings. The van der Waals surface area contributed by atoms with Gasteiger partial charge in [0.15, 0.2) is 0 Å². The molecule has 1 heterocycles. The molecule has 2 aliphatic rings. The summed E-state index contributed by atoms with van der Waals surface area (Å²) >= 11 is 0. The van der Waals surface area contributed by atoms with Gasteiger partial charge in [0.05, 0.1) is 5.52 Å². The van der Waals surface area contributed by atoms with Crippen molar-refractivity contribution < 1.29 is 0 Å². The van der Waals surface area contributed by atoms with Crippen LogP contribution in [0.4, 0.5) is 11.8 Å². The van der Waals surface area contributed by atoms with Gasteiger partial charge in [-0.25, -0.2) is 4.98 Å². The average molecular weight is 282 g/mol. The number of hydrogen-bond acceptors (Lipinski definition) is 4. The molecule has 4 nitrogen and oxygen atoms in total. The number of nitrogens with zero attached hydrogens (tertiary/aromatic N) is 3. The lowest BCUT2D eigenvalue weighted by Crippen LogP contribution is -2.29. The van der Waals surface area contributed by atoms with Gasteiger partial charge in [-0.2, -0.15) is 4.98 Å². The predicted molar refractivity (Wildman–Crippen MR) is 86.8 cm³/mol. The van der Waals surface area contributed by atoms with Crippen LogP contribution in [0.1, 0.15) is 32.6 Å². The first-order valence-electron chi connectivity index (χ1n) is 8.12. The van der Waals surface area contributed by atoms with E-state index >= 15 is 0 Å². The van der Waals surface area contributed by atoms with Crippen LogP contribution in [0.3, 0.4) is 0 Å². The van der Waals surface area contributed by atoms with Crippen LogP contribution in [-0.2, 0) is 0 Å². The normalized spacial score (nSPS) is 18.0. The first-order chi connectivity index (χ1) is 10.3. The van der Waals surface area contributed by atoms with Crippen LogP contribution in [0.2, 0.25) is 0 Å². The van der Waals surface area contributed by atoms with Gasteiger partial charge in [-0.1, -0.05) is 12.1 Å². The summed E-state index contributed by atoms with van der Waals surface area (Å²) in [7, 11) is 0. The van der Waals surface area contributed by atoms with Crippen molar-refractivity contribution in [2.45, 2.75) is 38.6 Å². The van der Waals surface area contributed by atoms with E-state index in [1.165, 1.54) is 31.1 Å². The van der Waals surface area contributed by atoms with E-state index in [2.05, 4.69) is 46.4 Å². The van der Waals surface area contributed by atoms with Crippen molar-refractivity contribution in [1.82, 2.24) is 9.97 Å². The van der Waals surface area contributed by atoms with E-state index < -0.39 is 0 Å². The van der Waals surface area contributed by atoms with E-state index in [0.717, 1.165) is 36.3 Å². The highest BCUT2D eigenvalue weighted by Crippen LogP contribution is 2.39. The van der Waals surface area contributed by atoms with Gasteiger partial charge in [-0.05, 0) is 50.7 Å². The van der Waals surface area contributed by atoms with Gasteiger partial charge in [0.25, 0.3) is 0 Å². The maximum absolute atomic E-state index is 4.84. The zero-order valence-corrected chi connectivity index (χ0v) is 12.5. The van der Waals surface area contributed by atoms with Crippen LogP contribution in [0.5, 0.6) is 0 Å². The standard InChI is InChI=1S/C17H22N4/c1-2-18-17-19-15-6-4-3-5-14(15)16(20-17)21(13-9-10-13)11-12-7-8-12/h3-6,12-13H,2,7-11H2,1H3,(H,18,19,20). The summed E-state index contributed by atoms with van der Waals surface area (Å²) in [6.07, 6.45) is 5.38. The highest BCUT2D eigenvalue weighted by Gasteiger charge is 2.35. The minimum atomic E-state index is 0.693. The fourth-order valence-electron chi connectivity index (χ4n) is 2.89. The summed E-state index contributed by atoms with van der Waals surface area (Å²) < 4.78 is 0. The third kappa shape index (κ3) is 2.67. The summed E-state index contributed by atoms with van der Waals surface area (Å²) in [5.41, 5.74) is 1.04. The second-order valence-electron chi connectivity index (χ2n) is 6.25. The largest absolute Gasteiger partial charge is 0.354 e. The number of rotatable bonds is 6. The second-order valence-corrected chi connectivity index (χ2v) is 6.25. The Kier molecular flexibility index (Phi) is 3.17. The Balaban J connectivity index is 1.79. The van der Waals surface area contributed by atoms with E-state index in [-0.39, 0.29) is 0 Å². The van der Waals surface area contributed by atoms with Crippen molar-refractivity contribution in [3.05, 3.63) is 24.3 Å². The highest BCUT2D eigenvalue weighted by atomic mass is 15.3. The summed E-state index contributed by atoms with van der Waals surface area (Å²) in [5.74, 6) is 2.76. The lowest BCUT2D eigenvalue weighted by molar-refractivity contribution is 0.711. The van der Waals surface area contributed by atoms with Crippen molar-refractivity contribution in [2.24, 2.45) is 5.92 Å². The molecule has 2 saturated carbocycles. The Morgan fingerprint density at radius 3 is 2.67 bits per heavy atom. The molecule has 21 heavy (non-hydrogen) atoms. The van der Waals surface area contributed by atoms with Crippen molar-refractivity contribution >= 4 is 22.7 Å². The minimum absolute atomic E-state index is 0.693. The molecule has 4 heteroatoms. The summed E-state index contributed by atoms with van der Waals surface area (Å²) in [6.45, 7) is 4.10. The predicted octanol–water partition coefficient (Wildman–Crippen LogP) is 3.44. The monoisotopic (exact) mass is 282 g/mol. The molecule has 1 aromatic heterocycles. The first-order valence-corrected chi connectivity index (χ1v) is 8.12. The summed E-state index contributed by atoms with van der Waals surface area (Å²) in [5, 5.41) is 4.46. The molecule has 1 aromatic carbocycles. The van der Waals surface area contributed by atoms with Crippen LogP contribution in [0, 0.1) is 5.92 Å². The van der Waals surface area contributed by atoms with Crippen molar-refractivity contribution in [2.75, 3.05) is 23.3 Å². The number of nitrogens with one attached hydrogen (secondary N) is 1. The van der Waals surface area contributed by atoms with Crippen molar-refractivity contribution in [3.63, 3.8) is 0 Å². The number of fused-ring (bicyclic) bond motifs is 1. The SMILES string of the molecule is CCNc1nc(N(CC2CC2)C2CC2)c2ccccc2n1. The quantitative estimate of drug-likeness (QED) is 0.881. The Morgan fingerprint density at radius 1 is 1.14 bits per heavy atom. The molecule has 0 radical (unpaired) electrons. The van der Waals surface area contributed by atoms with Crippen molar-refractivity contribution in [1.29, 1.82) is 0 Å². The van der Waals surface area contributed by atoms with Gasteiger partial charge < -0.3 is 10.2 Å². The molecule has 2 fully saturated rings. The fraction of sp³-hybridized carbons (Fsp3) is 0.529. The van der Waals surface area contributed by atoms with Gasteiger partial charge in [0, 0.05) is 24.5 Å². The van der Waals surface area contributed by atoms with E-state index in [0.29, 0.717) is 6.04 Å². The van der Waals surface area contributed by atoms with Crippen molar-refractivity contribution in [3.8, 4) is 0 Å². The third-order valence-electron chi connectivity index (χ3n) is 4.33. The molecule has 1 N–H and O–H groups in total. The number of anilines is 2. The zero-order valence-electron chi connectivity index (χ0n) is 12.5.